The van der Waals surface area contributed by atoms with Gasteiger partial charge in [0.25, 0.3) is 0 Å². The van der Waals surface area contributed by atoms with Gasteiger partial charge in [0.1, 0.15) is 0 Å². The van der Waals surface area contributed by atoms with Gasteiger partial charge in [0, 0.05) is 42.2 Å². The second-order valence-corrected chi connectivity index (χ2v) is 10.9. The van der Waals surface area contributed by atoms with Crippen LogP contribution in [0.2, 0.25) is 5.02 Å². The van der Waals surface area contributed by atoms with Crippen LogP contribution in [-0.4, -0.2) is 44.6 Å². The van der Waals surface area contributed by atoms with Crippen molar-refractivity contribution < 1.29 is 13.2 Å². The number of nitrogens with two attached hydrogens (primary N) is 1. The van der Waals surface area contributed by atoms with Crippen LogP contribution in [0.25, 0.3) is 0 Å². The summed E-state index contributed by atoms with van der Waals surface area (Å²) in [6.45, 7) is 2.76. The second kappa shape index (κ2) is 10.2. The molecule has 0 spiro atoms. The lowest BCUT2D eigenvalue weighted by Crippen LogP contribution is -2.47. The molecule has 0 bridgehead atoms. The van der Waals surface area contributed by atoms with Gasteiger partial charge in [-0.2, -0.15) is 0 Å². The van der Waals surface area contributed by atoms with E-state index in [0.717, 1.165) is 42.5 Å². The molecule has 1 aliphatic rings. The van der Waals surface area contributed by atoms with Gasteiger partial charge in [-0.3, -0.25) is 9.52 Å². The molecule has 0 saturated heterocycles. The summed E-state index contributed by atoms with van der Waals surface area (Å²) in [6.07, 6.45) is 5.38. The molecule has 32 heavy (non-hydrogen) atoms. The molecule has 1 aliphatic carbocycles. The van der Waals surface area contributed by atoms with Gasteiger partial charge >= 0.3 is 0 Å². The fraction of sp³-hybridized carbons (Fsp3) is 0.458. The largest absolute Gasteiger partial charge is 0.340 e. The van der Waals surface area contributed by atoms with Crippen molar-refractivity contribution in [1.82, 2.24) is 4.90 Å². The summed E-state index contributed by atoms with van der Waals surface area (Å²) in [5, 5.41) is 0.718. The fourth-order valence-corrected chi connectivity index (χ4v) is 5.49. The third-order valence-electron chi connectivity index (χ3n) is 6.46. The molecule has 0 aliphatic heterocycles. The van der Waals surface area contributed by atoms with Gasteiger partial charge in [0.2, 0.25) is 15.9 Å². The van der Waals surface area contributed by atoms with Crippen molar-refractivity contribution in [1.29, 1.82) is 0 Å². The van der Waals surface area contributed by atoms with E-state index in [4.69, 9.17) is 17.3 Å². The highest BCUT2D eigenvalue weighted by molar-refractivity contribution is 7.92. The molecule has 1 saturated carbocycles. The van der Waals surface area contributed by atoms with E-state index in [1.807, 2.05) is 41.3 Å². The smallest absolute Gasteiger partial charge is 0.229 e. The van der Waals surface area contributed by atoms with Gasteiger partial charge in [-0.25, -0.2) is 8.42 Å². The van der Waals surface area contributed by atoms with E-state index < -0.39 is 10.0 Å². The summed E-state index contributed by atoms with van der Waals surface area (Å²) in [4.78, 5) is 14.4. The maximum atomic E-state index is 12.5. The van der Waals surface area contributed by atoms with Crippen molar-refractivity contribution in [3.05, 3.63) is 64.7 Å². The molecule has 1 fully saturated rings. The van der Waals surface area contributed by atoms with E-state index in [1.54, 1.807) is 13.0 Å². The van der Waals surface area contributed by atoms with E-state index >= 15 is 0 Å². The zero-order chi connectivity index (χ0) is 23.4. The van der Waals surface area contributed by atoms with Crippen LogP contribution in [0.1, 0.15) is 43.7 Å². The molecule has 3 N–H and O–H groups in total. The van der Waals surface area contributed by atoms with Crippen LogP contribution in [0.15, 0.2) is 48.5 Å². The van der Waals surface area contributed by atoms with Crippen molar-refractivity contribution in [2.24, 2.45) is 5.73 Å². The topological polar surface area (TPSA) is 92.5 Å². The van der Waals surface area contributed by atoms with E-state index in [9.17, 15) is 13.2 Å². The first-order chi connectivity index (χ1) is 15.1. The van der Waals surface area contributed by atoms with Gasteiger partial charge in [0.05, 0.1) is 6.26 Å². The number of carbonyl (C=O) groups excluding carboxylic acids is 1. The molecule has 0 aromatic heterocycles. The van der Waals surface area contributed by atoms with Gasteiger partial charge in [-0.15, -0.1) is 0 Å². The first-order valence-electron chi connectivity index (χ1n) is 10.9. The number of carbonyl (C=O) groups is 1. The Labute approximate surface area is 196 Å². The number of benzene rings is 2. The highest BCUT2D eigenvalue weighted by Gasteiger charge is 2.38. The predicted molar refractivity (Wildman–Crippen MR) is 130 cm³/mol. The number of nitrogens with zero attached hydrogens (tertiary/aromatic N) is 1. The molecule has 3 rings (SSSR count). The molecule has 2 aromatic carbocycles. The zero-order valence-electron chi connectivity index (χ0n) is 18.7. The Bertz CT molecular complexity index is 1050. The van der Waals surface area contributed by atoms with E-state index in [1.165, 1.54) is 5.56 Å². The lowest BCUT2D eigenvalue weighted by Gasteiger charge is -2.43. The molecule has 0 radical (unpaired) electrons. The average Bonchev–Trinajstić information content (AvgIpc) is 2.73. The van der Waals surface area contributed by atoms with Crippen LogP contribution >= 0.6 is 11.6 Å². The number of hydrogen-bond acceptors (Lipinski definition) is 4. The summed E-state index contributed by atoms with van der Waals surface area (Å²) in [5.74, 6) is 0.0587. The molecular formula is C24H32ClN3O3S. The Morgan fingerprint density at radius 3 is 2.47 bits per heavy atom. The highest BCUT2D eigenvalue weighted by atomic mass is 35.5. The maximum absolute atomic E-state index is 12.5. The first-order valence-corrected chi connectivity index (χ1v) is 13.2. The Hall–Kier alpha value is -2.09. The minimum Gasteiger partial charge on any atom is -0.340 e. The normalized spacial score (nSPS) is 21.2. The molecule has 0 heterocycles. The van der Waals surface area contributed by atoms with Crippen LogP contribution in [0.4, 0.5) is 5.69 Å². The fourth-order valence-electron chi connectivity index (χ4n) is 4.75. The second-order valence-electron chi connectivity index (χ2n) is 8.76. The number of hydrogen-bond donors (Lipinski definition) is 2. The summed E-state index contributed by atoms with van der Waals surface area (Å²) in [7, 11) is -3.33. The average molecular weight is 478 g/mol. The number of anilines is 1. The van der Waals surface area contributed by atoms with Crippen molar-refractivity contribution in [2.75, 3.05) is 24.1 Å². The molecule has 174 valence electrons. The number of halogens is 1. The summed E-state index contributed by atoms with van der Waals surface area (Å²) >= 11 is 6.22. The van der Waals surface area contributed by atoms with Crippen LogP contribution < -0.4 is 10.5 Å². The van der Waals surface area contributed by atoms with Gasteiger partial charge < -0.3 is 10.6 Å². The monoisotopic (exact) mass is 477 g/mol. The van der Waals surface area contributed by atoms with E-state index in [2.05, 4.69) is 10.8 Å². The third-order valence-corrected chi connectivity index (χ3v) is 7.30. The van der Waals surface area contributed by atoms with Crippen LogP contribution in [0.5, 0.6) is 0 Å². The van der Waals surface area contributed by atoms with Gasteiger partial charge in [0.15, 0.2) is 0 Å². The quantitative estimate of drug-likeness (QED) is 0.602. The number of nitrogens with one attached hydrogen (secondary N) is 1. The molecule has 1 amide bonds. The number of rotatable bonds is 8. The van der Waals surface area contributed by atoms with Crippen molar-refractivity contribution in [3.8, 4) is 0 Å². The third kappa shape index (κ3) is 6.24. The summed E-state index contributed by atoms with van der Waals surface area (Å²) < 4.78 is 25.5. The SMILES string of the molecule is CC(=O)N(CCc1cccc(NS(C)(=O)=O)c1)C1CCC(CN)(c2cccc(Cl)c2)CC1. The van der Waals surface area contributed by atoms with E-state index in [-0.39, 0.29) is 17.4 Å². The Balaban J connectivity index is 1.66. The molecule has 2 aromatic rings. The minimum atomic E-state index is -3.33. The van der Waals surface area contributed by atoms with Crippen molar-refractivity contribution >= 4 is 33.2 Å². The summed E-state index contributed by atoms with van der Waals surface area (Å²) in [6, 6.07) is 15.4. The van der Waals surface area contributed by atoms with Crippen molar-refractivity contribution in [3.63, 3.8) is 0 Å². The lowest BCUT2D eigenvalue weighted by molar-refractivity contribution is -0.132. The Morgan fingerprint density at radius 1 is 1.19 bits per heavy atom. The van der Waals surface area contributed by atoms with Crippen LogP contribution in [0.3, 0.4) is 0 Å². The van der Waals surface area contributed by atoms with Gasteiger partial charge in [-0.1, -0.05) is 35.9 Å². The standard InChI is InChI=1S/C24H32ClN3O3S/c1-18(29)28(14-11-19-5-3-8-22(15-19)27-32(2,30)31)23-9-12-24(17-26,13-10-23)20-6-4-7-21(25)16-20/h3-8,15-16,23,27H,9-14,17,26H2,1-2H3. The zero-order valence-corrected chi connectivity index (χ0v) is 20.3. The molecule has 8 heteroatoms. The van der Waals surface area contributed by atoms with Crippen molar-refractivity contribution in [2.45, 2.75) is 50.5 Å². The molecule has 6 nitrogen and oxygen atoms in total. The molecule has 0 atom stereocenters. The van der Waals surface area contributed by atoms with Gasteiger partial charge in [-0.05, 0) is 67.5 Å². The number of sulfonamides is 1. The highest BCUT2D eigenvalue weighted by Crippen LogP contribution is 2.40. The van der Waals surface area contributed by atoms with E-state index in [0.29, 0.717) is 25.2 Å². The predicted octanol–water partition coefficient (Wildman–Crippen LogP) is 3.94. The molecular weight excluding hydrogens is 446 g/mol. The number of amides is 1. The lowest BCUT2D eigenvalue weighted by atomic mass is 9.68. The van der Waals surface area contributed by atoms with Crippen LogP contribution in [0, 0.1) is 0 Å². The maximum Gasteiger partial charge on any atom is 0.229 e. The Morgan fingerprint density at radius 2 is 1.88 bits per heavy atom. The summed E-state index contributed by atoms with van der Waals surface area (Å²) in [5.41, 5.74) is 8.81. The molecule has 0 unspecified atom stereocenters. The first kappa shape index (κ1) is 24.6. The van der Waals surface area contributed by atoms with Crippen LogP contribution in [-0.2, 0) is 26.7 Å². The Kier molecular flexibility index (Phi) is 7.85. The minimum absolute atomic E-state index is 0.0587.